The molecule has 0 unspecified atom stereocenters. The SMILES string of the molecule is CCOc1ccccc1C(=O)NC[C@@H]1CN(C)C(=O)[C@H](C)N1Cc1cccnc1. The summed E-state index contributed by atoms with van der Waals surface area (Å²) in [6.45, 7) is 5.88. The smallest absolute Gasteiger partial charge is 0.255 e. The van der Waals surface area contributed by atoms with Gasteiger partial charge in [0.2, 0.25) is 5.91 Å². The summed E-state index contributed by atoms with van der Waals surface area (Å²) in [7, 11) is 1.81. The highest BCUT2D eigenvalue weighted by atomic mass is 16.5. The predicted octanol–water partition coefficient (Wildman–Crippen LogP) is 1.94. The molecule has 0 spiro atoms. The number of rotatable bonds is 7. The van der Waals surface area contributed by atoms with Crippen molar-refractivity contribution in [1.29, 1.82) is 0 Å². The largest absolute Gasteiger partial charge is 0.493 e. The molecule has 1 aliphatic rings. The maximum atomic E-state index is 12.8. The molecule has 29 heavy (non-hydrogen) atoms. The van der Waals surface area contributed by atoms with Crippen LogP contribution in [-0.4, -0.2) is 65.4 Å². The Hall–Kier alpha value is -2.93. The van der Waals surface area contributed by atoms with Crippen LogP contribution in [0.15, 0.2) is 48.8 Å². The Balaban J connectivity index is 1.73. The van der Waals surface area contributed by atoms with Gasteiger partial charge in [0.05, 0.1) is 18.2 Å². The number of nitrogens with one attached hydrogen (secondary N) is 1. The lowest BCUT2D eigenvalue weighted by Crippen LogP contribution is -2.62. The summed E-state index contributed by atoms with van der Waals surface area (Å²) in [4.78, 5) is 33.3. The van der Waals surface area contributed by atoms with Gasteiger partial charge in [0.25, 0.3) is 5.91 Å². The van der Waals surface area contributed by atoms with Crippen molar-refractivity contribution in [2.24, 2.45) is 0 Å². The first-order valence-corrected chi connectivity index (χ1v) is 9.91. The van der Waals surface area contributed by atoms with Crippen LogP contribution >= 0.6 is 0 Å². The van der Waals surface area contributed by atoms with E-state index in [-0.39, 0.29) is 23.9 Å². The molecule has 2 amide bonds. The molecule has 3 rings (SSSR count). The fraction of sp³-hybridized carbons (Fsp3) is 0.409. The van der Waals surface area contributed by atoms with Crippen molar-refractivity contribution in [3.05, 3.63) is 59.9 Å². The van der Waals surface area contributed by atoms with Gasteiger partial charge in [-0.05, 0) is 37.6 Å². The third-order valence-electron chi connectivity index (χ3n) is 5.20. The molecule has 2 heterocycles. The van der Waals surface area contributed by atoms with Crippen LogP contribution in [0.1, 0.15) is 29.8 Å². The quantitative estimate of drug-likeness (QED) is 0.774. The van der Waals surface area contributed by atoms with Crippen LogP contribution in [-0.2, 0) is 11.3 Å². The van der Waals surface area contributed by atoms with E-state index < -0.39 is 0 Å². The zero-order valence-electron chi connectivity index (χ0n) is 17.2. The van der Waals surface area contributed by atoms with Crippen molar-refractivity contribution in [3.63, 3.8) is 0 Å². The standard InChI is InChI=1S/C22H28N4O3/c1-4-29-20-10-6-5-9-19(20)21(27)24-13-18-15-25(3)22(28)16(2)26(18)14-17-8-7-11-23-12-17/h5-12,16,18H,4,13-15H2,1-3H3,(H,24,27)/t16-,18+/m0/s1. The second kappa shape index (κ2) is 9.52. The number of hydrogen-bond donors (Lipinski definition) is 1. The van der Waals surface area contributed by atoms with E-state index in [2.05, 4.69) is 15.2 Å². The van der Waals surface area contributed by atoms with Crippen LogP contribution in [0.3, 0.4) is 0 Å². The first-order valence-electron chi connectivity index (χ1n) is 9.91. The molecule has 0 aliphatic carbocycles. The molecule has 1 aromatic carbocycles. The molecule has 7 nitrogen and oxygen atoms in total. The lowest BCUT2D eigenvalue weighted by molar-refractivity contribution is -0.142. The molecule has 1 fully saturated rings. The first-order chi connectivity index (χ1) is 14.0. The summed E-state index contributed by atoms with van der Waals surface area (Å²) in [5, 5.41) is 3.02. The number of para-hydroxylation sites is 1. The molecule has 1 N–H and O–H groups in total. The van der Waals surface area contributed by atoms with Gasteiger partial charge in [-0.1, -0.05) is 18.2 Å². The Labute approximate surface area is 171 Å². The first kappa shape index (κ1) is 20.8. The Bertz CT molecular complexity index is 843. The lowest BCUT2D eigenvalue weighted by Gasteiger charge is -2.43. The molecule has 1 aromatic heterocycles. The van der Waals surface area contributed by atoms with E-state index in [4.69, 9.17) is 4.74 Å². The van der Waals surface area contributed by atoms with Crippen molar-refractivity contribution in [2.45, 2.75) is 32.5 Å². The molecule has 0 radical (unpaired) electrons. The number of carbonyl (C=O) groups is 2. The van der Waals surface area contributed by atoms with Gasteiger partial charge in [-0.25, -0.2) is 0 Å². The highest BCUT2D eigenvalue weighted by Gasteiger charge is 2.36. The fourth-order valence-corrected chi connectivity index (χ4v) is 3.68. The van der Waals surface area contributed by atoms with E-state index in [1.807, 2.05) is 44.3 Å². The molecule has 154 valence electrons. The second-order valence-corrected chi connectivity index (χ2v) is 7.22. The average molecular weight is 396 g/mol. The predicted molar refractivity (Wildman–Crippen MR) is 111 cm³/mol. The van der Waals surface area contributed by atoms with E-state index in [0.717, 1.165) is 5.56 Å². The van der Waals surface area contributed by atoms with E-state index >= 15 is 0 Å². The highest BCUT2D eigenvalue weighted by Crippen LogP contribution is 2.20. The van der Waals surface area contributed by atoms with Crippen molar-refractivity contribution in [3.8, 4) is 5.75 Å². The maximum absolute atomic E-state index is 12.8. The van der Waals surface area contributed by atoms with E-state index in [1.54, 1.807) is 30.3 Å². The molecule has 7 heteroatoms. The number of piperazine rings is 1. The van der Waals surface area contributed by atoms with Gasteiger partial charge in [-0.2, -0.15) is 0 Å². The van der Waals surface area contributed by atoms with Crippen LogP contribution < -0.4 is 10.1 Å². The number of amides is 2. The summed E-state index contributed by atoms with van der Waals surface area (Å²) < 4.78 is 5.57. The van der Waals surface area contributed by atoms with Crippen LogP contribution in [0.2, 0.25) is 0 Å². The molecule has 1 aliphatic heterocycles. The second-order valence-electron chi connectivity index (χ2n) is 7.22. The zero-order valence-corrected chi connectivity index (χ0v) is 17.2. The molecular weight excluding hydrogens is 368 g/mol. The van der Waals surface area contributed by atoms with Crippen molar-refractivity contribution in [1.82, 2.24) is 20.1 Å². The number of benzene rings is 1. The number of carbonyl (C=O) groups excluding carboxylic acids is 2. The maximum Gasteiger partial charge on any atom is 0.255 e. The van der Waals surface area contributed by atoms with Crippen molar-refractivity contribution >= 4 is 11.8 Å². The van der Waals surface area contributed by atoms with E-state index in [1.165, 1.54) is 0 Å². The molecule has 2 aromatic rings. The lowest BCUT2D eigenvalue weighted by atomic mass is 10.0. The number of pyridine rings is 1. The summed E-state index contributed by atoms with van der Waals surface area (Å²) in [5.41, 5.74) is 1.55. The van der Waals surface area contributed by atoms with Gasteiger partial charge in [-0.15, -0.1) is 0 Å². The Morgan fingerprint density at radius 2 is 2.07 bits per heavy atom. The summed E-state index contributed by atoms with van der Waals surface area (Å²) in [6.07, 6.45) is 3.54. The molecule has 2 atom stereocenters. The van der Waals surface area contributed by atoms with Gasteiger partial charge in [0, 0.05) is 45.1 Å². The Morgan fingerprint density at radius 1 is 1.28 bits per heavy atom. The van der Waals surface area contributed by atoms with E-state index in [9.17, 15) is 9.59 Å². The summed E-state index contributed by atoms with van der Waals surface area (Å²) >= 11 is 0. The molecule has 1 saturated heterocycles. The Morgan fingerprint density at radius 3 is 2.79 bits per heavy atom. The third kappa shape index (κ3) is 4.92. The fourth-order valence-electron chi connectivity index (χ4n) is 3.68. The average Bonchev–Trinajstić information content (AvgIpc) is 2.74. The van der Waals surface area contributed by atoms with Crippen LogP contribution in [0.5, 0.6) is 5.75 Å². The third-order valence-corrected chi connectivity index (χ3v) is 5.20. The van der Waals surface area contributed by atoms with E-state index in [0.29, 0.717) is 37.6 Å². The number of aromatic nitrogens is 1. The number of nitrogens with zero attached hydrogens (tertiary/aromatic N) is 3. The molecule has 0 bridgehead atoms. The van der Waals surface area contributed by atoms with Gasteiger partial charge >= 0.3 is 0 Å². The van der Waals surface area contributed by atoms with Crippen LogP contribution in [0.4, 0.5) is 0 Å². The highest BCUT2D eigenvalue weighted by molar-refractivity contribution is 5.96. The van der Waals surface area contributed by atoms with Crippen LogP contribution in [0, 0.1) is 0 Å². The van der Waals surface area contributed by atoms with Gasteiger partial charge in [0.15, 0.2) is 0 Å². The van der Waals surface area contributed by atoms with Crippen molar-refractivity contribution in [2.75, 3.05) is 26.7 Å². The zero-order chi connectivity index (χ0) is 20.8. The Kier molecular flexibility index (Phi) is 6.82. The topological polar surface area (TPSA) is 74.8 Å². The van der Waals surface area contributed by atoms with Crippen molar-refractivity contribution < 1.29 is 14.3 Å². The number of ether oxygens (including phenoxy) is 1. The normalized spacial score (nSPS) is 19.8. The summed E-state index contributed by atoms with van der Waals surface area (Å²) in [5.74, 6) is 0.477. The minimum Gasteiger partial charge on any atom is -0.493 e. The molecule has 0 saturated carbocycles. The number of likely N-dealkylation sites (N-methyl/N-ethyl adjacent to an activating group) is 1. The summed E-state index contributed by atoms with van der Waals surface area (Å²) in [6, 6.07) is 10.8. The minimum atomic E-state index is -0.272. The van der Waals surface area contributed by atoms with Gasteiger partial charge < -0.3 is 15.0 Å². The number of hydrogen-bond acceptors (Lipinski definition) is 5. The van der Waals surface area contributed by atoms with Crippen LogP contribution in [0.25, 0.3) is 0 Å². The van der Waals surface area contributed by atoms with Gasteiger partial charge in [-0.3, -0.25) is 19.5 Å². The van der Waals surface area contributed by atoms with Gasteiger partial charge in [0.1, 0.15) is 5.75 Å². The monoisotopic (exact) mass is 396 g/mol. The molecular formula is C22H28N4O3. The minimum absolute atomic E-state index is 0.00360.